The molecule has 1 aliphatic heterocycles. The summed E-state index contributed by atoms with van der Waals surface area (Å²) in [5, 5.41) is 3.16. The third-order valence-electron chi connectivity index (χ3n) is 3.70. The molecule has 0 saturated carbocycles. The molecule has 0 aromatic heterocycles. The number of hydrogen-bond donors (Lipinski definition) is 2. The van der Waals surface area contributed by atoms with Gasteiger partial charge in [-0.15, -0.1) is 0 Å². The summed E-state index contributed by atoms with van der Waals surface area (Å²) < 4.78 is 50.1. The highest BCUT2D eigenvalue weighted by Gasteiger charge is 2.26. The molecule has 1 heterocycles. The summed E-state index contributed by atoms with van der Waals surface area (Å²) in [7, 11) is -6.97. The molecule has 0 bridgehead atoms. The monoisotopic (exact) mass is 332 g/mol. The Morgan fingerprint density at radius 1 is 1.10 bits per heavy atom. The lowest BCUT2D eigenvalue weighted by Gasteiger charge is -2.29. The molecule has 0 amide bonds. The highest BCUT2D eigenvalue weighted by Crippen LogP contribution is 2.17. The molecule has 1 fully saturated rings. The van der Waals surface area contributed by atoms with Gasteiger partial charge in [0, 0.05) is 18.8 Å². The lowest BCUT2D eigenvalue weighted by Crippen LogP contribution is -2.50. The maximum absolute atomic E-state index is 12.3. The van der Waals surface area contributed by atoms with Crippen LogP contribution in [-0.4, -0.2) is 42.2 Å². The summed E-state index contributed by atoms with van der Waals surface area (Å²) in [6.45, 7) is 3.51. The fourth-order valence-corrected chi connectivity index (χ4v) is 4.26. The van der Waals surface area contributed by atoms with Gasteiger partial charge in [-0.25, -0.2) is 21.6 Å². The predicted octanol–water partition coefficient (Wildman–Crippen LogP) is 0.366. The van der Waals surface area contributed by atoms with E-state index in [-0.39, 0.29) is 21.8 Å². The Morgan fingerprint density at radius 2 is 1.67 bits per heavy atom. The van der Waals surface area contributed by atoms with E-state index in [4.69, 9.17) is 0 Å². The molecule has 2 unspecified atom stereocenters. The van der Waals surface area contributed by atoms with Crippen molar-refractivity contribution in [2.45, 2.75) is 29.2 Å². The minimum atomic E-state index is -3.64. The van der Waals surface area contributed by atoms with Gasteiger partial charge in [0.25, 0.3) is 0 Å². The molecule has 2 N–H and O–H groups in total. The summed E-state index contributed by atoms with van der Waals surface area (Å²) in [6, 6.07) is 5.11. The maximum atomic E-state index is 12.3. The average molecular weight is 332 g/mol. The fourth-order valence-electron chi connectivity index (χ4n) is 2.28. The van der Waals surface area contributed by atoms with Gasteiger partial charge in [0.1, 0.15) is 0 Å². The molecule has 6 nitrogen and oxygen atoms in total. The molecular weight excluding hydrogens is 312 g/mol. The van der Waals surface area contributed by atoms with Gasteiger partial charge in [0.15, 0.2) is 9.84 Å². The van der Waals surface area contributed by atoms with E-state index in [1.807, 2.05) is 6.92 Å². The summed E-state index contributed by atoms with van der Waals surface area (Å²) >= 11 is 0. The second-order valence-corrected chi connectivity index (χ2v) is 9.17. The Morgan fingerprint density at radius 3 is 2.19 bits per heavy atom. The minimum Gasteiger partial charge on any atom is -0.315 e. The van der Waals surface area contributed by atoms with Crippen LogP contribution in [0.4, 0.5) is 0 Å². The van der Waals surface area contributed by atoms with E-state index < -0.39 is 19.9 Å². The van der Waals surface area contributed by atoms with Crippen molar-refractivity contribution in [1.82, 2.24) is 10.0 Å². The Hall–Kier alpha value is -0.960. The van der Waals surface area contributed by atoms with E-state index in [0.29, 0.717) is 6.54 Å². The van der Waals surface area contributed by atoms with Crippen molar-refractivity contribution >= 4 is 19.9 Å². The smallest absolute Gasteiger partial charge is 0.240 e. The lowest BCUT2D eigenvalue weighted by atomic mass is 9.96. The summed E-state index contributed by atoms with van der Waals surface area (Å²) in [5.74, 6) is 0.260. The standard InChI is InChI=1S/C13H20N2O4S2/c1-10-7-8-14-9-13(10)15-21(18,19)12-5-3-11(4-6-12)20(2,16)17/h3-6,10,13-15H,7-9H2,1-2H3. The summed E-state index contributed by atoms with van der Waals surface area (Å²) in [6.07, 6.45) is 2.00. The van der Waals surface area contributed by atoms with E-state index in [0.717, 1.165) is 19.2 Å². The zero-order valence-electron chi connectivity index (χ0n) is 12.0. The lowest BCUT2D eigenvalue weighted by molar-refractivity contribution is 0.327. The molecule has 2 atom stereocenters. The second-order valence-electron chi connectivity index (χ2n) is 5.44. The number of rotatable bonds is 4. The largest absolute Gasteiger partial charge is 0.315 e. The third kappa shape index (κ3) is 4.03. The van der Waals surface area contributed by atoms with Crippen LogP contribution in [0, 0.1) is 5.92 Å². The normalized spacial score (nSPS) is 23.9. The minimum absolute atomic E-state index is 0.0765. The van der Waals surface area contributed by atoms with E-state index in [2.05, 4.69) is 10.0 Å². The zero-order valence-corrected chi connectivity index (χ0v) is 13.7. The Balaban J connectivity index is 2.19. The van der Waals surface area contributed by atoms with Crippen LogP contribution in [0.1, 0.15) is 13.3 Å². The molecule has 1 aromatic rings. The van der Waals surface area contributed by atoms with Crippen LogP contribution in [0.3, 0.4) is 0 Å². The van der Waals surface area contributed by atoms with Gasteiger partial charge in [-0.2, -0.15) is 0 Å². The van der Waals surface area contributed by atoms with Crippen LogP contribution in [0.2, 0.25) is 0 Å². The molecule has 0 aliphatic carbocycles. The Kier molecular flexibility index (Phi) is 4.72. The quantitative estimate of drug-likeness (QED) is 0.831. The number of sulfonamides is 1. The first-order chi connectivity index (χ1) is 9.70. The number of benzene rings is 1. The zero-order chi connectivity index (χ0) is 15.7. The average Bonchev–Trinajstić information content (AvgIpc) is 2.40. The molecule has 2 rings (SSSR count). The number of piperidine rings is 1. The van der Waals surface area contributed by atoms with Gasteiger partial charge in [0.05, 0.1) is 9.79 Å². The molecule has 1 aromatic carbocycles. The predicted molar refractivity (Wildman–Crippen MR) is 80.3 cm³/mol. The first kappa shape index (κ1) is 16.4. The van der Waals surface area contributed by atoms with Crippen LogP contribution in [0.25, 0.3) is 0 Å². The van der Waals surface area contributed by atoms with Crippen molar-refractivity contribution in [3.63, 3.8) is 0 Å². The van der Waals surface area contributed by atoms with Crippen LogP contribution in [-0.2, 0) is 19.9 Å². The van der Waals surface area contributed by atoms with Crippen molar-refractivity contribution < 1.29 is 16.8 Å². The van der Waals surface area contributed by atoms with E-state index in [9.17, 15) is 16.8 Å². The van der Waals surface area contributed by atoms with Crippen LogP contribution >= 0.6 is 0 Å². The van der Waals surface area contributed by atoms with Gasteiger partial charge in [-0.3, -0.25) is 0 Å². The van der Waals surface area contributed by atoms with Crippen LogP contribution in [0.15, 0.2) is 34.1 Å². The number of sulfone groups is 1. The van der Waals surface area contributed by atoms with Gasteiger partial charge in [-0.1, -0.05) is 6.92 Å². The molecule has 0 radical (unpaired) electrons. The topological polar surface area (TPSA) is 92.3 Å². The number of nitrogens with one attached hydrogen (secondary N) is 2. The van der Waals surface area contributed by atoms with Gasteiger partial charge in [-0.05, 0) is 43.1 Å². The molecule has 8 heteroatoms. The number of hydrogen-bond acceptors (Lipinski definition) is 5. The first-order valence-electron chi connectivity index (χ1n) is 6.73. The molecule has 1 saturated heterocycles. The second kappa shape index (κ2) is 6.04. The van der Waals surface area contributed by atoms with Crippen molar-refractivity contribution in [2.75, 3.05) is 19.3 Å². The van der Waals surface area contributed by atoms with E-state index >= 15 is 0 Å². The Bertz CT molecular complexity index is 696. The van der Waals surface area contributed by atoms with Crippen molar-refractivity contribution in [3.8, 4) is 0 Å². The van der Waals surface area contributed by atoms with Crippen LogP contribution in [0.5, 0.6) is 0 Å². The van der Waals surface area contributed by atoms with Crippen LogP contribution < -0.4 is 10.0 Å². The van der Waals surface area contributed by atoms with Crippen molar-refractivity contribution in [2.24, 2.45) is 5.92 Å². The summed E-state index contributed by atoms with van der Waals surface area (Å²) in [5.41, 5.74) is 0. The van der Waals surface area contributed by atoms with Gasteiger partial charge >= 0.3 is 0 Å². The molecular formula is C13H20N2O4S2. The first-order valence-corrected chi connectivity index (χ1v) is 10.1. The highest BCUT2D eigenvalue weighted by molar-refractivity contribution is 7.90. The third-order valence-corrected chi connectivity index (χ3v) is 6.33. The Labute approximate surface area is 125 Å². The SMILES string of the molecule is CC1CCNCC1NS(=O)(=O)c1ccc(S(C)(=O)=O)cc1. The van der Waals surface area contributed by atoms with Gasteiger partial charge in [0.2, 0.25) is 10.0 Å². The van der Waals surface area contributed by atoms with Gasteiger partial charge < -0.3 is 5.32 Å². The van der Waals surface area contributed by atoms with Crippen molar-refractivity contribution in [3.05, 3.63) is 24.3 Å². The van der Waals surface area contributed by atoms with Crippen molar-refractivity contribution in [1.29, 1.82) is 0 Å². The van der Waals surface area contributed by atoms with E-state index in [1.54, 1.807) is 0 Å². The molecule has 0 spiro atoms. The fraction of sp³-hybridized carbons (Fsp3) is 0.538. The molecule has 118 valence electrons. The maximum Gasteiger partial charge on any atom is 0.240 e. The molecule has 21 heavy (non-hydrogen) atoms. The van der Waals surface area contributed by atoms with E-state index in [1.165, 1.54) is 24.3 Å². The summed E-state index contributed by atoms with van der Waals surface area (Å²) in [4.78, 5) is 0.182. The molecule has 1 aliphatic rings. The highest BCUT2D eigenvalue weighted by atomic mass is 32.2.